The molecule has 4 nitrogen and oxygen atoms in total. The second-order valence-corrected chi connectivity index (χ2v) is 42.9. The predicted molar refractivity (Wildman–Crippen MR) is 231 cm³/mol. The van der Waals surface area contributed by atoms with E-state index in [1.54, 1.807) is 20.7 Å². The summed E-state index contributed by atoms with van der Waals surface area (Å²) in [7, 11) is -7.50. The van der Waals surface area contributed by atoms with Gasteiger partial charge in [-0.1, -0.05) is 99.3 Å². The number of rotatable bonds is 4. The molecule has 4 heterocycles. The molecule has 2 saturated heterocycles. The van der Waals surface area contributed by atoms with Gasteiger partial charge in [-0.3, -0.25) is 9.59 Å². The van der Waals surface area contributed by atoms with Crippen LogP contribution in [0.5, 0.6) is 0 Å². The minimum atomic E-state index is -1.88. The lowest BCUT2D eigenvalue weighted by atomic mass is 9.46. The summed E-state index contributed by atoms with van der Waals surface area (Å²) in [5, 5.41) is 6.54. The molecule has 0 spiro atoms. The Hall–Kier alpha value is -1.95. The van der Waals surface area contributed by atoms with Gasteiger partial charge in [0.25, 0.3) is 0 Å². The van der Waals surface area contributed by atoms with Gasteiger partial charge < -0.3 is 9.47 Å². The Morgan fingerprint density at radius 3 is 0.944 bits per heavy atom. The molecule has 2 aromatic carbocycles. The summed E-state index contributed by atoms with van der Waals surface area (Å²) in [6.07, 6.45) is 8.60. The van der Waals surface area contributed by atoms with Crippen molar-refractivity contribution < 1.29 is 19.1 Å². The molecule has 2 aromatic rings. The van der Waals surface area contributed by atoms with Crippen molar-refractivity contribution in [3.05, 3.63) is 55.7 Å². The highest BCUT2D eigenvalue weighted by Crippen LogP contribution is 2.80. The van der Waals surface area contributed by atoms with Crippen LogP contribution in [0.15, 0.2) is 11.1 Å². The van der Waals surface area contributed by atoms with E-state index in [1.807, 2.05) is 0 Å². The van der Waals surface area contributed by atoms with Crippen LogP contribution in [-0.4, -0.2) is 43.9 Å². The topological polar surface area (TPSA) is 52.6 Å². The van der Waals surface area contributed by atoms with Crippen LogP contribution in [0.2, 0.25) is 78.6 Å². The monoisotopic (exact) mass is 788 g/mol. The van der Waals surface area contributed by atoms with Crippen molar-refractivity contribution in [2.24, 2.45) is 23.7 Å². The zero-order valence-corrected chi connectivity index (χ0v) is 38.9. The number of hydrogen-bond acceptors (Lipinski definition) is 4. The Morgan fingerprint density at radius 1 is 0.370 bits per heavy atom. The number of allylic oxidation sites excluding steroid dienone is 4. The van der Waals surface area contributed by atoms with Crippen molar-refractivity contribution in [1.29, 1.82) is 0 Å². The number of fused-ring (bicyclic) bond motifs is 24. The van der Waals surface area contributed by atoms with E-state index in [1.165, 1.54) is 57.4 Å². The van der Waals surface area contributed by atoms with E-state index in [9.17, 15) is 9.59 Å². The summed E-state index contributed by atoms with van der Waals surface area (Å²) >= 11 is 0. The van der Waals surface area contributed by atoms with Crippen LogP contribution in [0.3, 0.4) is 0 Å². The van der Waals surface area contributed by atoms with Gasteiger partial charge in [-0.25, -0.2) is 0 Å². The Morgan fingerprint density at radius 2 is 0.648 bits per heavy atom. The molecule has 8 heteroatoms. The maximum Gasteiger partial charge on any atom is 0.190 e. The first-order valence-electron chi connectivity index (χ1n) is 21.6. The van der Waals surface area contributed by atoms with Crippen LogP contribution in [-0.2, 0) is 9.47 Å². The van der Waals surface area contributed by atoms with Crippen molar-refractivity contribution >= 4 is 75.8 Å². The normalized spacial score (nSPS) is 32.7. The first kappa shape index (κ1) is 35.2. The van der Waals surface area contributed by atoms with E-state index >= 15 is 0 Å². The molecule has 4 aliphatic heterocycles. The van der Waals surface area contributed by atoms with Crippen molar-refractivity contribution in [1.82, 2.24) is 0 Å². The number of carbonyl (C=O) groups is 2. The van der Waals surface area contributed by atoms with E-state index in [2.05, 4.69) is 78.6 Å². The summed E-state index contributed by atoms with van der Waals surface area (Å²) in [5.74, 6) is 2.21. The van der Waals surface area contributed by atoms with Crippen molar-refractivity contribution in [2.45, 2.75) is 154 Å². The maximum atomic E-state index is 14.8. The van der Waals surface area contributed by atoms with Crippen LogP contribution in [0.25, 0.3) is 11.1 Å². The zero-order chi connectivity index (χ0) is 38.1. The summed E-state index contributed by atoms with van der Waals surface area (Å²) in [6, 6.07) is 0. The molecule has 9 aliphatic rings. The van der Waals surface area contributed by atoms with Crippen molar-refractivity contribution in [3.8, 4) is 0 Å². The molecule has 0 radical (unpaired) electrons. The van der Waals surface area contributed by atoms with Crippen LogP contribution < -0.4 is 20.7 Å². The molecule has 3 fully saturated rings. The number of Topliss-reactive ketones (excluding diaryl/α,β-unsaturated/α-hetero) is 2. The Kier molecular flexibility index (Phi) is 6.89. The molecular formula is C46H60O4Si4. The van der Waals surface area contributed by atoms with Gasteiger partial charge in [-0.2, -0.15) is 0 Å². The molecule has 8 atom stereocenters. The number of carbonyl (C=O) groups excluding carboxylic acids is 2. The number of benzene rings is 2. The summed E-state index contributed by atoms with van der Waals surface area (Å²) in [5.41, 5.74) is 15.6. The summed E-state index contributed by atoms with van der Waals surface area (Å²) in [6.45, 7) is 30.5. The molecule has 54 heavy (non-hydrogen) atoms. The second kappa shape index (κ2) is 10.6. The molecule has 284 valence electrons. The van der Waals surface area contributed by atoms with Gasteiger partial charge in [0.05, 0.1) is 56.7 Å². The minimum absolute atomic E-state index is 0.0414. The minimum Gasteiger partial charge on any atom is -0.365 e. The molecule has 0 N–H and O–H groups in total. The first-order chi connectivity index (χ1) is 25.2. The van der Waals surface area contributed by atoms with Gasteiger partial charge in [0.2, 0.25) is 0 Å². The van der Waals surface area contributed by atoms with Gasteiger partial charge in [0, 0.05) is 45.9 Å². The summed E-state index contributed by atoms with van der Waals surface area (Å²) < 4.78 is 14.9. The molecule has 4 bridgehead atoms. The number of ketones is 2. The Labute approximate surface area is 327 Å². The average molecular weight is 789 g/mol. The third-order valence-corrected chi connectivity index (χ3v) is 24.1. The van der Waals surface area contributed by atoms with Gasteiger partial charge in [-0.15, -0.1) is 0 Å². The van der Waals surface area contributed by atoms with Gasteiger partial charge in [0.15, 0.2) is 11.6 Å². The first-order valence-corrected chi connectivity index (χ1v) is 35.6. The zero-order valence-electron chi connectivity index (χ0n) is 34.9. The maximum absolute atomic E-state index is 14.8. The van der Waals surface area contributed by atoms with E-state index < -0.39 is 32.3 Å². The fourth-order valence-corrected chi connectivity index (χ4v) is 26.5. The van der Waals surface area contributed by atoms with Gasteiger partial charge in [-0.05, 0) is 95.9 Å². The number of ether oxygens (including phenoxy) is 2. The van der Waals surface area contributed by atoms with Crippen LogP contribution >= 0.6 is 0 Å². The quantitative estimate of drug-likeness (QED) is 0.229. The average Bonchev–Trinajstić information content (AvgIpc) is 3.88. The van der Waals surface area contributed by atoms with E-state index in [0.29, 0.717) is 35.2 Å². The Balaban J connectivity index is 1.14. The predicted octanol–water partition coefficient (Wildman–Crippen LogP) is 9.35. The Bertz CT molecular complexity index is 2110. The SMILES string of the molecule is C[Si](C)(C)c1c2c(c3c(c1[Si](C)(C)C)C1OC3C3C4C5OC(c6c5c5c(c([Si](C)(C)C)c6[Si](C)(C)C)C6=C(CCCC6)C5=O)C4C13)C(=O)C1=C2CCCC1. The van der Waals surface area contributed by atoms with E-state index in [-0.39, 0.29) is 24.4 Å². The lowest BCUT2D eigenvalue weighted by molar-refractivity contribution is -0.0193. The van der Waals surface area contributed by atoms with Crippen LogP contribution in [0.4, 0.5) is 0 Å². The van der Waals surface area contributed by atoms with Crippen molar-refractivity contribution in [2.75, 3.05) is 0 Å². The van der Waals surface area contributed by atoms with Crippen molar-refractivity contribution in [3.63, 3.8) is 0 Å². The molecule has 11 rings (SSSR count). The molecule has 8 unspecified atom stereocenters. The molecule has 0 amide bonds. The fourth-order valence-electron chi connectivity index (χ4n) is 14.3. The third kappa shape index (κ3) is 4.07. The standard InChI is InChI=1S/C46H60O4Si4/c1-51(2,3)43-25-21-17-13-15-19-23(21)37(47)27(25)29-35(45(43)53(7,8)9)41-33-31(39(29)49-41)32-34(33)42-36-30(40(32)50-42)28-26(22-18-14-16-20-24(22)38(28)48)44(52(4,5)6)46(36)54(10,11)12/h31-34,39-42H,13-20H2,1-12H3. The van der Waals surface area contributed by atoms with E-state index in [0.717, 1.165) is 60.8 Å². The van der Waals surface area contributed by atoms with Gasteiger partial charge in [0.1, 0.15) is 0 Å². The third-order valence-electron chi connectivity index (χ3n) is 15.6. The van der Waals surface area contributed by atoms with Crippen LogP contribution in [0.1, 0.15) is 130 Å². The molecule has 1 saturated carbocycles. The lowest BCUT2D eigenvalue weighted by Crippen LogP contribution is -2.63. The highest BCUT2D eigenvalue weighted by atomic mass is 28.3. The molecule has 0 aromatic heterocycles. The van der Waals surface area contributed by atoms with Gasteiger partial charge >= 0.3 is 0 Å². The second-order valence-electron chi connectivity index (χ2n) is 22.9. The molecular weight excluding hydrogens is 729 g/mol. The fraction of sp³-hybridized carbons (Fsp3) is 0.609. The van der Waals surface area contributed by atoms with E-state index in [4.69, 9.17) is 9.47 Å². The molecule has 5 aliphatic carbocycles. The smallest absolute Gasteiger partial charge is 0.190 e. The largest absolute Gasteiger partial charge is 0.365 e. The number of hydrogen-bond donors (Lipinski definition) is 0. The lowest BCUT2D eigenvalue weighted by Gasteiger charge is -2.55. The van der Waals surface area contributed by atoms with Crippen LogP contribution in [0, 0.1) is 23.7 Å². The highest BCUT2D eigenvalue weighted by Gasteiger charge is 2.76. The highest BCUT2D eigenvalue weighted by molar-refractivity contribution is 7.00. The summed E-state index contributed by atoms with van der Waals surface area (Å²) in [4.78, 5) is 29.6.